The van der Waals surface area contributed by atoms with Gasteiger partial charge in [-0.15, -0.1) is 0 Å². The summed E-state index contributed by atoms with van der Waals surface area (Å²) < 4.78 is 0. The number of nitrogens with one attached hydrogen (secondary N) is 1. The van der Waals surface area contributed by atoms with E-state index < -0.39 is 0 Å². The second-order valence-electron chi connectivity index (χ2n) is 6.31. The molecule has 25 heavy (non-hydrogen) atoms. The number of allylic oxidation sites excluding steroid dienone is 4. The highest BCUT2D eigenvalue weighted by Crippen LogP contribution is 2.24. The number of hydrogen-bond donors (Lipinski definition) is 1. The number of unbranched alkanes of at least 4 members (excludes halogenated alkanes) is 1. The van der Waals surface area contributed by atoms with Crippen LogP contribution in [-0.2, 0) is 6.42 Å². The van der Waals surface area contributed by atoms with Gasteiger partial charge >= 0.3 is 0 Å². The van der Waals surface area contributed by atoms with Gasteiger partial charge in [0.2, 0.25) is 0 Å². The van der Waals surface area contributed by atoms with Crippen molar-refractivity contribution in [2.24, 2.45) is 4.99 Å². The van der Waals surface area contributed by atoms with Crippen LogP contribution in [0.1, 0.15) is 50.8 Å². The highest BCUT2D eigenvalue weighted by Gasteiger charge is 2.12. The molecule has 3 nitrogen and oxygen atoms in total. The summed E-state index contributed by atoms with van der Waals surface area (Å²) in [7, 11) is 4.02. The van der Waals surface area contributed by atoms with Crippen molar-refractivity contribution < 1.29 is 0 Å². The molecule has 0 fully saturated rings. The third kappa shape index (κ3) is 7.00. The first-order chi connectivity index (χ1) is 12.0. The van der Waals surface area contributed by atoms with Crippen LogP contribution in [-0.4, -0.2) is 25.7 Å². The van der Waals surface area contributed by atoms with Crippen LogP contribution in [0.4, 0.5) is 0 Å². The summed E-state index contributed by atoms with van der Waals surface area (Å²) >= 11 is 0. The highest BCUT2D eigenvalue weighted by molar-refractivity contribution is 5.32. The molecule has 0 heterocycles. The van der Waals surface area contributed by atoms with Crippen LogP contribution >= 0.6 is 0 Å². The monoisotopic (exact) mass is 339 g/mol. The van der Waals surface area contributed by atoms with Gasteiger partial charge < -0.3 is 10.2 Å². The van der Waals surface area contributed by atoms with Crippen molar-refractivity contribution in [1.29, 1.82) is 0 Å². The fourth-order valence-corrected chi connectivity index (χ4v) is 2.51. The van der Waals surface area contributed by atoms with Gasteiger partial charge in [0, 0.05) is 25.5 Å². The SMILES string of the molecule is C=N/C(C)=C/C=C(\C=C\NC)N(C)C(C)c1ccc(CCCC)cc1. The molecule has 3 heteroatoms. The summed E-state index contributed by atoms with van der Waals surface area (Å²) in [4.78, 5) is 6.21. The maximum absolute atomic E-state index is 3.95. The maximum Gasteiger partial charge on any atom is 0.0511 e. The minimum absolute atomic E-state index is 0.276. The molecule has 1 rings (SSSR count). The van der Waals surface area contributed by atoms with Crippen molar-refractivity contribution in [3.05, 3.63) is 71.2 Å². The van der Waals surface area contributed by atoms with Crippen LogP contribution in [0.5, 0.6) is 0 Å². The first kappa shape index (κ1) is 20.8. The van der Waals surface area contributed by atoms with Crippen molar-refractivity contribution in [3.8, 4) is 0 Å². The second kappa shape index (κ2) is 11.3. The van der Waals surface area contributed by atoms with Crippen LogP contribution in [0.2, 0.25) is 0 Å². The molecule has 1 aromatic carbocycles. The Morgan fingerprint density at radius 3 is 2.52 bits per heavy atom. The number of nitrogens with zero attached hydrogens (tertiary/aromatic N) is 2. The fourth-order valence-electron chi connectivity index (χ4n) is 2.51. The first-order valence-electron chi connectivity index (χ1n) is 9.04. The first-order valence-corrected chi connectivity index (χ1v) is 9.04. The molecule has 1 atom stereocenters. The molecule has 0 radical (unpaired) electrons. The molecular weight excluding hydrogens is 306 g/mol. The van der Waals surface area contributed by atoms with Crippen LogP contribution in [0.25, 0.3) is 0 Å². The number of aryl methyl sites for hydroxylation is 1. The zero-order chi connectivity index (χ0) is 18.7. The fraction of sp³-hybridized carbons (Fsp3) is 0.409. The molecule has 1 N–H and O–H groups in total. The molecule has 1 aromatic rings. The normalized spacial score (nSPS) is 13.8. The van der Waals surface area contributed by atoms with Crippen LogP contribution in [0.15, 0.2) is 65.1 Å². The number of benzene rings is 1. The molecule has 0 saturated heterocycles. The number of likely N-dealkylation sites (N-methyl/N-ethyl adjacent to an activating group) is 1. The van der Waals surface area contributed by atoms with Gasteiger partial charge in [0.15, 0.2) is 0 Å². The second-order valence-corrected chi connectivity index (χ2v) is 6.31. The van der Waals surface area contributed by atoms with Gasteiger partial charge in [0.25, 0.3) is 0 Å². The predicted molar refractivity (Wildman–Crippen MR) is 111 cm³/mol. The summed E-state index contributed by atoms with van der Waals surface area (Å²) in [6.45, 7) is 9.97. The minimum Gasteiger partial charge on any atom is -0.394 e. The lowest BCUT2D eigenvalue weighted by atomic mass is 10.0. The van der Waals surface area contributed by atoms with Gasteiger partial charge in [0.05, 0.1) is 6.04 Å². The Labute approximate surface area is 153 Å². The van der Waals surface area contributed by atoms with Crippen molar-refractivity contribution in [1.82, 2.24) is 10.2 Å². The van der Waals surface area contributed by atoms with Crippen LogP contribution < -0.4 is 5.32 Å². The van der Waals surface area contributed by atoms with E-state index >= 15 is 0 Å². The van der Waals surface area contributed by atoms with Gasteiger partial charge in [0.1, 0.15) is 0 Å². The van der Waals surface area contributed by atoms with E-state index in [1.54, 1.807) is 0 Å². The molecule has 0 aliphatic rings. The summed E-state index contributed by atoms with van der Waals surface area (Å²) in [6.07, 6.45) is 11.7. The van der Waals surface area contributed by atoms with Crippen LogP contribution in [0, 0.1) is 0 Å². The highest BCUT2D eigenvalue weighted by atomic mass is 15.1. The average molecular weight is 340 g/mol. The molecule has 0 amide bonds. The third-order valence-corrected chi connectivity index (χ3v) is 4.43. The van der Waals surface area contributed by atoms with Crippen molar-refractivity contribution >= 4 is 6.72 Å². The summed E-state index contributed by atoms with van der Waals surface area (Å²) in [5, 5.41) is 3.06. The van der Waals surface area contributed by atoms with E-state index in [-0.39, 0.29) is 6.04 Å². The topological polar surface area (TPSA) is 27.6 Å². The Bertz CT molecular complexity index is 609. The van der Waals surface area contributed by atoms with E-state index in [0.717, 1.165) is 17.8 Å². The molecule has 0 aliphatic carbocycles. The molecule has 0 spiro atoms. The van der Waals surface area contributed by atoms with E-state index in [0.29, 0.717) is 0 Å². The average Bonchev–Trinajstić information content (AvgIpc) is 2.65. The van der Waals surface area contributed by atoms with Crippen molar-refractivity contribution in [3.63, 3.8) is 0 Å². The maximum atomic E-state index is 3.95. The molecule has 0 saturated carbocycles. The molecule has 0 aromatic heterocycles. The van der Waals surface area contributed by atoms with Crippen molar-refractivity contribution in [2.75, 3.05) is 14.1 Å². The third-order valence-electron chi connectivity index (χ3n) is 4.43. The Kier molecular flexibility index (Phi) is 9.38. The minimum atomic E-state index is 0.276. The quantitative estimate of drug-likeness (QED) is 0.466. The van der Waals surface area contributed by atoms with E-state index in [2.05, 4.69) is 79.2 Å². The molecule has 1 unspecified atom stereocenters. The number of aliphatic imine (C=N–C) groups is 1. The molecule has 0 aliphatic heterocycles. The van der Waals surface area contributed by atoms with Gasteiger partial charge in [-0.05, 0) is 69.0 Å². The lowest BCUT2D eigenvalue weighted by Crippen LogP contribution is -2.21. The van der Waals surface area contributed by atoms with Gasteiger partial charge in [-0.2, -0.15) is 0 Å². The van der Waals surface area contributed by atoms with Gasteiger partial charge in [-0.1, -0.05) is 37.6 Å². The Hall–Kier alpha value is -2.29. The lowest BCUT2D eigenvalue weighted by Gasteiger charge is -2.28. The standard InChI is InChI=1S/C22H33N3/c1-7-8-9-20-11-13-21(14-12-20)19(3)25(6)22(16-17-23-4)15-10-18(2)24-5/h10-17,19,23H,5,7-9H2,1-4,6H3/b17-16+,18-10+,22-15+. The molecular formula is C22H33N3. The van der Waals surface area contributed by atoms with Crippen molar-refractivity contribution in [2.45, 2.75) is 46.1 Å². The smallest absolute Gasteiger partial charge is 0.0511 e. The summed E-state index contributed by atoms with van der Waals surface area (Å²) in [6, 6.07) is 9.29. The summed E-state index contributed by atoms with van der Waals surface area (Å²) in [5.41, 5.74) is 4.74. The predicted octanol–water partition coefficient (Wildman–Crippen LogP) is 5.24. The van der Waals surface area contributed by atoms with E-state index in [9.17, 15) is 0 Å². The zero-order valence-electron chi connectivity index (χ0n) is 16.4. The Morgan fingerprint density at radius 1 is 1.28 bits per heavy atom. The largest absolute Gasteiger partial charge is 0.394 e. The van der Waals surface area contributed by atoms with Crippen LogP contribution in [0.3, 0.4) is 0 Å². The van der Waals surface area contributed by atoms with E-state index in [1.165, 1.54) is 24.0 Å². The van der Waals surface area contributed by atoms with Gasteiger partial charge in [-0.3, -0.25) is 4.99 Å². The number of hydrogen-bond acceptors (Lipinski definition) is 3. The Morgan fingerprint density at radius 2 is 1.96 bits per heavy atom. The molecule has 0 bridgehead atoms. The lowest BCUT2D eigenvalue weighted by molar-refractivity contribution is 0.340. The summed E-state index contributed by atoms with van der Waals surface area (Å²) in [5.74, 6) is 0. The molecule has 136 valence electrons. The number of rotatable bonds is 10. The van der Waals surface area contributed by atoms with E-state index in [4.69, 9.17) is 0 Å². The van der Waals surface area contributed by atoms with Gasteiger partial charge in [-0.25, -0.2) is 0 Å². The zero-order valence-corrected chi connectivity index (χ0v) is 16.4. The Balaban J connectivity index is 2.96. The van der Waals surface area contributed by atoms with E-state index in [1.807, 2.05) is 26.2 Å².